The van der Waals surface area contributed by atoms with Crippen molar-refractivity contribution < 1.29 is 18.5 Å². The summed E-state index contributed by atoms with van der Waals surface area (Å²) in [5.74, 6) is -0.230. The van der Waals surface area contributed by atoms with Crippen LogP contribution in [0.5, 0.6) is 0 Å². The van der Waals surface area contributed by atoms with Crippen molar-refractivity contribution in [3.8, 4) is 0 Å². The van der Waals surface area contributed by atoms with E-state index in [9.17, 15) is 14.0 Å². The van der Waals surface area contributed by atoms with Crippen molar-refractivity contribution in [3.05, 3.63) is 47.4 Å². The Morgan fingerprint density at radius 2 is 2.00 bits per heavy atom. The van der Waals surface area contributed by atoms with Crippen LogP contribution in [0.25, 0.3) is 0 Å². The number of nitrogens with one attached hydrogen (secondary N) is 1. The summed E-state index contributed by atoms with van der Waals surface area (Å²) in [5.41, 5.74) is -0.677. The third-order valence-corrected chi connectivity index (χ3v) is 3.91. The summed E-state index contributed by atoms with van der Waals surface area (Å²) in [6.07, 6.45) is 0.336. The van der Waals surface area contributed by atoms with E-state index in [0.717, 1.165) is 4.90 Å². The van der Waals surface area contributed by atoms with Crippen molar-refractivity contribution in [1.82, 2.24) is 20.4 Å². The number of halogens is 1. The number of aryl methyl sites for hydroxylation is 1. The molecule has 2 heterocycles. The van der Waals surface area contributed by atoms with E-state index in [1.54, 1.807) is 13.8 Å². The highest BCUT2D eigenvalue weighted by Gasteiger charge is 2.51. The summed E-state index contributed by atoms with van der Waals surface area (Å²) in [6.45, 7) is 3.32. The molecular weight excluding hydrogens is 303 g/mol. The molecule has 0 unspecified atom stereocenters. The van der Waals surface area contributed by atoms with Gasteiger partial charge in [0.1, 0.15) is 17.9 Å². The van der Waals surface area contributed by atoms with Crippen LogP contribution in [-0.2, 0) is 16.9 Å². The van der Waals surface area contributed by atoms with Crippen LogP contribution in [0.4, 0.5) is 9.18 Å². The van der Waals surface area contributed by atoms with Crippen molar-refractivity contribution in [2.75, 3.05) is 0 Å². The fourth-order valence-corrected chi connectivity index (χ4v) is 2.68. The Morgan fingerprint density at radius 3 is 2.57 bits per heavy atom. The van der Waals surface area contributed by atoms with Crippen molar-refractivity contribution >= 4 is 11.9 Å². The molecule has 120 valence electrons. The Bertz CT molecular complexity index is 758. The second-order valence-corrected chi connectivity index (χ2v) is 5.32. The standard InChI is InChI=1S/C15H15FN4O3/c1-3-15(10-4-6-11(16)7-5-10)13(21)20(14(22)18-15)8-12-17-9(2)19-23-12/h4-7H,3,8H2,1-2H3,(H,18,22)/t15-/m1/s1. The summed E-state index contributed by atoms with van der Waals surface area (Å²) in [4.78, 5) is 30.1. The number of carbonyl (C=O) groups excluding carboxylic acids is 2. The van der Waals surface area contributed by atoms with E-state index in [1.165, 1.54) is 24.3 Å². The minimum absolute atomic E-state index is 0.103. The molecule has 1 aliphatic rings. The maximum atomic E-state index is 13.1. The molecule has 23 heavy (non-hydrogen) atoms. The first-order chi connectivity index (χ1) is 11.0. The fourth-order valence-electron chi connectivity index (χ4n) is 2.68. The van der Waals surface area contributed by atoms with Crippen molar-refractivity contribution in [2.24, 2.45) is 0 Å². The van der Waals surface area contributed by atoms with Gasteiger partial charge in [-0.2, -0.15) is 4.98 Å². The maximum absolute atomic E-state index is 13.1. The second-order valence-electron chi connectivity index (χ2n) is 5.32. The zero-order valence-corrected chi connectivity index (χ0v) is 12.7. The second kappa shape index (κ2) is 5.45. The minimum Gasteiger partial charge on any atom is -0.337 e. The van der Waals surface area contributed by atoms with Crippen LogP contribution in [0.3, 0.4) is 0 Å². The first kappa shape index (κ1) is 15.1. The summed E-state index contributed by atoms with van der Waals surface area (Å²) in [6, 6.07) is 4.97. The molecule has 2 aromatic rings. The van der Waals surface area contributed by atoms with E-state index in [2.05, 4.69) is 15.5 Å². The zero-order chi connectivity index (χ0) is 16.6. The normalized spacial score (nSPS) is 20.9. The highest BCUT2D eigenvalue weighted by molar-refractivity contribution is 6.07. The Balaban J connectivity index is 1.93. The monoisotopic (exact) mass is 318 g/mol. The molecule has 3 rings (SSSR count). The van der Waals surface area contributed by atoms with Gasteiger partial charge in [-0.25, -0.2) is 9.18 Å². The van der Waals surface area contributed by atoms with Gasteiger partial charge in [-0.05, 0) is 31.0 Å². The van der Waals surface area contributed by atoms with E-state index in [-0.39, 0.29) is 12.4 Å². The average Bonchev–Trinajstić information content (AvgIpc) is 3.05. The molecule has 7 nitrogen and oxygen atoms in total. The first-order valence-corrected chi connectivity index (χ1v) is 7.15. The lowest BCUT2D eigenvalue weighted by atomic mass is 9.87. The molecule has 0 aliphatic carbocycles. The van der Waals surface area contributed by atoms with Gasteiger partial charge in [-0.1, -0.05) is 24.2 Å². The molecule has 1 aromatic heterocycles. The number of hydrogen-bond acceptors (Lipinski definition) is 5. The fraction of sp³-hybridized carbons (Fsp3) is 0.333. The number of imide groups is 1. The van der Waals surface area contributed by atoms with Gasteiger partial charge in [0, 0.05) is 0 Å². The molecular formula is C15H15FN4O3. The molecule has 1 N–H and O–H groups in total. The molecule has 0 spiro atoms. The van der Waals surface area contributed by atoms with E-state index >= 15 is 0 Å². The molecule has 1 saturated heterocycles. The molecule has 8 heteroatoms. The third-order valence-electron chi connectivity index (χ3n) is 3.91. The van der Waals surface area contributed by atoms with Crippen LogP contribution in [0, 0.1) is 12.7 Å². The van der Waals surface area contributed by atoms with Crippen LogP contribution in [0.2, 0.25) is 0 Å². The quantitative estimate of drug-likeness (QED) is 0.870. The van der Waals surface area contributed by atoms with Gasteiger partial charge >= 0.3 is 6.03 Å². The maximum Gasteiger partial charge on any atom is 0.325 e. The van der Waals surface area contributed by atoms with E-state index in [4.69, 9.17) is 4.52 Å². The average molecular weight is 318 g/mol. The number of amides is 3. The lowest BCUT2D eigenvalue weighted by Crippen LogP contribution is -2.43. The van der Waals surface area contributed by atoms with Crippen LogP contribution in [0.1, 0.15) is 30.6 Å². The number of nitrogens with zero attached hydrogens (tertiary/aromatic N) is 3. The number of hydrogen-bond donors (Lipinski definition) is 1. The third kappa shape index (κ3) is 2.45. The van der Waals surface area contributed by atoms with E-state index in [1.807, 2.05) is 0 Å². The summed E-state index contributed by atoms with van der Waals surface area (Å²) >= 11 is 0. The van der Waals surface area contributed by atoms with Crippen molar-refractivity contribution in [2.45, 2.75) is 32.4 Å². The topological polar surface area (TPSA) is 88.3 Å². The van der Waals surface area contributed by atoms with Crippen LogP contribution in [0.15, 0.2) is 28.8 Å². The van der Waals surface area contributed by atoms with E-state index in [0.29, 0.717) is 17.8 Å². The number of carbonyl (C=O) groups is 2. The smallest absolute Gasteiger partial charge is 0.325 e. The molecule has 0 bridgehead atoms. The van der Waals surface area contributed by atoms with Gasteiger partial charge in [-0.3, -0.25) is 9.69 Å². The lowest BCUT2D eigenvalue weighted by molar-refractivity contribution is -0.132. The summed E-state index contributed by atoms with van der Waals surface area (Å²) in [7, 11) is 0. The van der Waals surface area contributed by atoms with Crippen LogP contribution < -0.4 is 5.32 Å². The molecule has 1 atom stereocenters. The predicted octanol–water partition coefficient (Wildman–Crippen LogP) is 1.87. The SMILES string of the molecule is CC[C@]1(c2ccc(F)cc2)NC(=O)N(Cc2nc(C)no2)C1=O. The summed E-state index contributed by atoms with van der Waals surface area (Å²) in [5, 5.41) is 6.34. The van der Waals surface area contributed by atoms with Gasteiger partial charge < -0.3 is 9.84 Å². The van der Waals surface area contributed by atoms with Gasteiger partial charge in [0.05, 0.1) is 0 Å². The van der Waals surface area contributed by atoms with Crippen LogP contribution in [-0.4, -0.2) is 27.0 Å². The van der Waals surface area contributed by atoms with Crippen molar-refractivity contribution in [1.29, 1.82) is 0 Å². The Morgan fingerprint density at radius 1 is 1.30 bits per heavy atom. The Labute approximate surface area is 131 Å². The first-order valence-electron chi connectivity index (χ1n) is 7.15. The lowest BCUT2D eigenvalue weighted by Gasteiger charge is -2.25. The largest absolute Gasteiger partial charge is 0.337 e. The Hall–Kier alpha value is -2.77. The molecule has 1 aromatic carbocycles. The number of rotatable bonds is 4. The molecule has 0 saturated carbocycles. The highest BCUT2D eigenvalue weighted by Crippen LogP contribution is 2.33. The van der Waals surface area contributed by atoms with Crippen molar-refractivity contribution in [3.63, 3.8) is 0 Å². The number of benzene rings is 1. The molecule has 3 amide bonds. The highest BCUT2D eigenvalue weighted by atomic mass is 19.1. The van der Waals surface area contributed by atoms with Crippen LogP contribution >= 0.6 is 0 Å². The number of urea groups is 1. The van der Waals surface area contributed by atoms with Gasteiger partial charge in [-0.15, -0.1) is 0 Å². The summed E-state index contributed by atoms with van der Waals surface area (Å²) < 4.78 is 18.1. The zero-order valence-electron chi connectivity index (χ0n) is 12.7. The minimum atomic E-state index is -1.21. The van der Waals surface area contributed by atoms with E-state index < -0.39 is 23.3 Å². The molecule has 1 aliphatic heterocycles. The Kier molecular flexibility index (Phi) is 3.59. The van der Waals surface area contributed by atoms with Gasteiger partial charge in [0.2, 0.25) is 5.89 Å². The van der Waals surface area contributed by atoms with Gasteiger partial charge in [0.25, 0.3) is 5.91 Å². The van der Waals surface area contributed by atoms with Gasteiger partial charge in [0.15, 0.2) is 5.82 Å². The number of aromatic nitrogens is 2. The molecule has 0 radical (unpaired) electrons. The predicted molar refractivity (Wildman–Crippen MR) is 76.5 cm³/mol. The molecule has 1 fully saturated rings.